The summed E-state index contributed by atoms with van der Waals surface area (Å²) in [4.78, 5) is 30.7. The van der Waals surface area contributed by atoms with Gasteiger partial charge in [0.15, 0.2) is 5.65 Å². The molecule has 0 saturated heterocycles. The molecular weight excluding hydrogens is 414 g/mol. The Labute approximate surface area is 182 Å². The summed E-state index contributed by atoms with van der Waals surface area (Å²) < 4.78 is 6.51. The molecule has 3 heterocycles. The minimum absolute atomic E-state index is 0.0443. The number of rotatable bonds is 6. The zero-order chi connectivity index (χ0) is 22.0. The summed E-state index contributed by atoms with van der Waals surface area (Å²) >= 11 is 1.56. The van der Waals surface area contributed by atoms with E-state index in [1.54, 1.807) is 46.4 Å². The Morgan fingerprint density at radius 1 is 1.13 bits per heavy atom. The number of nitrogens with zero attached hydrogens (tertiary/aromatic N) is 3. The lowest BCUT2D eigenvalue weighted by Crippen LogP contribution is -2.17. The van der Waals surface area contributed by atoms with Crippen molar-refractivity contribution < 1.29 is 14.3 Å². The van der Waals surface area contributed by atoms with Crippen molar-refractivity contribution in [1.82, 2.24) is 14.8 Å². The van der Waals surface area contributed by atoms with Gasteiger partial charge < -0.3 is 15.4 Å². The molecule has 0 saturated carbocycles. The van der Waals surface area contributed by atoms with Crippen LogP contribution in [-0.4, -0.2) is 40.3 Å². The minimum atomic E-state index is -0.276. The van der Waals surface area contributed by atoms with Crippen molar-refractivity contribution in [3.05, 3.63) is 59.1 Å². The Kier molecular flexibility index (Phi) is 5.79. The van der Waals surface area contributed by atoms with E-state index in [0.717, 1.165) is 16.3 Å². The molecule has 8 nitrogen and oxygen atoms in total. The Morgan fingerprint density at radius 2 is 1.90 bits per heavy atom. The number of hydrogen-bond donors (Lipinski definition) is 2. The summed E-state index contributed by atoms with van der Waals surface area (Å²) in [5.74, 6) is -0.546. The van der Waals surface area contributed by atoms with Gasteiger partial charge in [-0.15, -0.1) is 11.3 Å². The predicted octanol–water partition coefficient (Wildman–Crippen LogP) is 3.84. The lowest BCUT2D eigenvalue weighted by atomic mass is 10.1. The topological polar surface area (TPSA) is 98.1 Å². The summed E-state index contributed by atoms with van der Waals surface area (Å²) in [7, 11) is 3.27. The van der Waals surface area contributed by atoms with Crippen LogP contribution in [0.2, 0.25) is 0 Å². The number of aryl methyl sites for hydroxylation is 2. The Bertz CT molecular complexity index is 1260. The van der Waals surface area contributed by atoms with E-state index in [1.165, 1.54) is 7.11 Å². The molecule has 0 spiro atoms. The summed E-state index contributed by atoms with van der Waals surface area (Å²) in [6.07, 6.45) is 0. The second-order valence-corrected chi connectivity index (χ2v) is 7.90. The summed E-state index contributed by atoms with van der Waals surface area (Å²) in [6.45, 7) is 1.81. The molecule has 4 aromatic rings. The van der Waals surface area contributed by atoms with Crippen LogP contribution in [0, 0.1) is 6.92 Å². The van der Waals surface area contributed by atoms with Crippen LogP contribution >= 0.6 is 11.3 Å². The third-order valence-corrected chi connectivity index (χ3v) is 5.56. The molecule has 9 heteroatoms. The van der Waals surface area contributed by atoms with Gasteiger partial charge in [-0.25, -0.2) is 4.98 Å². The first-order valence-corrected chi connectivity index (χ1v) is 10.4. The average Bonchev–Trinajstić information content (AvgIpc) is 3.36. The van der Waals surface area contributed by atoms with E-state index in [1.807, 2.05) is 31.5 Å². The van der Waals surface area contributed by atoms with Crippen molar-refractivity contribution in [3.8, 4) is 10.6 Å². The van der Waals surface area contributed by atoms with Crippen LogP contribution < -0.4 is 10.6 Å². The SMILES string of the molecule is COCC(=O)Nc1cccc(NC(=O)c2cc(-c3cccs3)nc3c2c(C)nn3C)c1. The molecule has 1 aromatic carbocycles. The summed E-state index contributed by atoms with van der Waals surface area (Å²) in [6, 6.07) is 12.7. The lowest BCUT2D eigenvalue weighted by Gasteiger charge is -2.10. The highest BCUT2D eigenvalue weighted by atomic mass is 32.1. The van der Waals surface area contributed by atoms with E-state index < -0.39 is 0 Å². The van der Waals surface area contributed by atoms with Crippen molar-refractivity contribution >= 4 is 45.6 Å². The maximum Gasteiger partial charge on any atom is 0.256 e. The standard InChI is InChI=1S/C22H21N5O3S/c1-13-20-16(11-17(18-8-5-9-31-18)25-21(20)27(2)26-13)22(29)24-15-7-4-6-14(10-15)23-19(28)12-30-3/h4-11H,12H2,1-3H3,(H,23,28)(H,24,29). The van der Waals surface area contributed by atoms with Gasteiger partial charge >= 0.3 is 0 Å². The molecule has 31 heavy (non-hydrogen) atoms. The van der Waals surface area contributed by atoms with Crippen molar-refractivity contribution in [2.75, 3.05) is 24.4 Å². The minimum Gasteiger partial charge on any atom is -0.375 e. The van der Waals surface area contributed by atoms with Gasteiger partial charge in [0.2, 0.25) is 5.91 Å². The van der Waals surface area contributed by atoms with Gasteiger partial charge in [0.25, 0.3) is 5.91 Å². The Morgan fingerprint density at radius 3 is 2.61 bits per heavy atom. The fourth-order valence-corrected chi connectivity index (χ4v) is 4.06. The van der Waals surface area contributed by atoms with E-state index >= 15 is 0 Å². The molecule has 158 valence electrons. The molecule has 0 radical (unpaired) electrons. The maximum atomic E-state index is 13.3. The van der Waals surface area contributed by atoms with E-state index in [0.29, 0.717) is 28.0 Å². The average molecular weight is 436 g/mol. The van der Waals surface area contributed by atoms with Gasteiger partial charge in [0.05, 0.1) is 27.2 Å². The highest BCUT2D eigenvalue weighted by Gasteiger charge is 2.20. The molecule has 0 bridgehead atoms. The molecule has 2 N–H and O–H groups in total. The number of carbonyl (C=O) groups excluding carboxylic acids is 2. The number of nitrogens with one attached hydrogen (secondary N) is 2. The number of pyridine rings is 1. The molecule has 0 aliphatic heterocycles. The van der Waals surface area contributed by atoms with Crippen LogP contribution in [0.3, 0.4) is 0 Å². The van der Waals surface area contributed by atoms with Gasteiger partial charge in [-0.3, -0.25) is 14.3 Å². The molecule has 2 amide bonds. The van der Waals surface area contributed by atoms with E-state index in [2.05, 4.69) is 15.7 Å². The zero-order valence-electron chi connectivity index (χ0n) is 17.3. The first kappa shape index (κ1) is 20.7. The van der Waals surface area contributed by atoms with E-state index in [9.17, 15) is 9.59 Å². The van der Waals surface area contributed by atoms with Crippen molar-refractivity contribution in [3.63, 3.8) is 0 Å². The van der Waals surface area contributed by atoms with Crippen molar-refractivity contribution in [2.45, 2.75) is 6.92 Å². The molecule has 0 aliphatic carbocycles. The van der Waals surface area contributed by atoms with Crippen LogP contribution in [0.5, 0.6) is 0 Å². The van der Waals surface area contributed by atoms with Crippen molar-refractivity contribution in [1.29, 1.82) is 0 Å². The quantitative estimate of drug-likeness (QED) is 0.479. The van der Waals surface area contributed by atoms with E-state index in [-0.39, 0.29) is 18.4 Å². The maximum absolute atomic E-state index is 13.3. The molecule has 0 aliphatic rings. The van der Waals surface area contributed by atoms with Crippen LogP contribution in [0.25, 0.3) is 21.6 Å². The third-order valence-electron chi connectivity index (χ3n) is 4.67. The number of ether oxygens (including phenoxy) is 1. The number of hydrogen-bond acceptors (Lipinski definition) is 6. The molecule has 0 unspecified atom stereocenters. The van der Waals surface area contributed by atoms with Crippen LogP contribution in [0.15, 0.2) is 47.8 Å². The largest absolute Gasteiger partial charge is 0.375 e. The Balaban J connectivity index is 1.69. The molecule has 4 rings (SSSR count). The molecule has 0 atom stereocenters. The smallest absolute Gasteiger partial charge is 0.256 e. The number of benzene rings is 1. The van der Waals surface area contributed by atoms with Crippen LogP contribution in [0.1, 0.15) is 16.1 Å². The summed E-state index contributed by atoms with van der Waals surface area (Å²) in [5.41, 5.74) is 3.72. The molecule has 0 fully saturated rings. The van der Waals surface area contributed by atoms with Gasteiger partial charge in [0, 0.05) is 25.5 Å². The second kappa shape index (κ2) is 8.66. The number of carbonyl (C=O) groups is 2. The Hall–Kier alpha value is -3.56. The molecular formula is C22H21N5O3S. The number of anilines is 2. The van der Waals surface area contributed by atoms with Crippen LogP contribution in [-0.2, 0) is 16.6 Å². The van der Waals surface area contributed by atoms with Crippen molar-refractivity contribution in [2.24, 2.45) is 7.05 Å². The predicted molar refractivity (Wildman–Crippen MR) is 121 cm³/mol. The number of amides is 2. The second-order valence-electron chi connectivity index (χ2n) is 6.96. The first-order valence-electron chi connectivity index (χ1n) is 9.54. The zero-order valence-corrected chi connectivity index (χ0v) is 18.1. The highest BCUT2D eigenvalue weighted by Crippen LogP contribution is 2.30. The number of aromatic nitrogens is 3. The monoisotopic (exact) mass is 435 g/mol. The fraction of sp³-hybridized carbons (Fsp3) is 0.182. The molecule has 3 aromatic heterocycles. The fourth-order valence-electron chi connectivity index (χ4n) is 3.38. The van der Waals surface area contributed by atoms with Gasteiger partial charge in [-0.05, 0) is 42.6 Å². The highest BCUT2D eigenvalue weighted by molar-refractivity contribution is 7.13. The van der Waals surface area contributed by atoms with Gasteiger partial charge in [0.1, 0.15) is 6.61 Å². The van der Waals surface area contributed by atoms with Gasteiger partial charge in [-0.1, -0.05) is 12.1 Å². The summed E-state index contributed by atoms with van der Waals surface area (Å²) in [5, 5.41) is 12.8. The van der Waals surface area contributed by atoms with Crippen LogP contribution in [0.4, 0.5) is 11.4 Å². The van der Waals surface area contributed by atoms with Gasteiger partial charge in [-0.2, -0.15) is 5.10 Å². The normalized spacial score (nSPS) is 10.9. The third kappa shape index (κ3) is 4.32. The number of fused-ring (bicyclic) bond motifs is 1. The lowest BCUT2D eigenvalue weighted by molar-refractivity contribution is -0.119. The van der Waals surface area contributed by atoms with E-state index in [4.69, 9.17) is 9.72 Å². The first-order chi connectivity index (χ1) is 15.0. The number of thiophene rings is 1. The number of methoxy groups -OCH3 is 1.